The van der Waals surface area contributed by atoms with Crippen molar-refractivity contribution in [1.29, 1.82) is 0 Å². The van der Waals surface area contributed by atoms with Gasteiger partial charge in [0.25, 0.3) is 0 Å². The fourth-order valence-electron chi connectivity index (χ4n) is 0.505. The minimum absolute atomic E-state index is 0.0369. The third kappa shape index (κ3) is 3.77. The highest BCUT2D eigenvalue weighted by molar-refractivity contribution is 7.80. The summed E-state index contributed by atoms with van der Waals surface area (Å²) in [5, 5.41) is 2.80. The van der Waals surface area contributed by atoms with Gasteiger partial charge in [-0.25, -0.2) is 0 Å². The van der Waals surface area contributed by atoms with Crippen LogP contribution in [0.25, 0.3) is 0 Å². The standard InChI is InChI=1S/C7H15NOS/c1-3-4-8-7(9)6(2)5-10/h6,10H,3-5H2,1-2H3,(H,8,9). The number of carbonyl (C=O) groups is 1. The predicted octanol–water partition coefficient (Wildman–Crippen LogP) is 1.08. The van der Waals surface area contributed by atoms with Crippen molar-refractivity contribution < 1.29 is 4.79 Å². The molecule has 2 nitrogen and oxygen atoms in total. The van der Waals surface area contributed by atoms with Crippen molar-refractivity contribution in [3.8, 4) is 0 Å². The largest absolute Gasteiger partial charge is 0.356 e. The third-order valence-corrected chi connectivity index (χ3v) is 1.82. The quantitative estimate of drug-likeness (QED) is 0.594. The van der Waals surface area contributed by atoms with Crippen LogP contribution in [0.15, 0.2) is 0 Å². The zero-order valence-corrected chi connectivity index (χ0v) is 7.45. The molecule has 0 aliphatic carbocycles. The highest BCUT2D eigenvalue weighted by Crippen LogP contribution is 1.96. The third-order valence-electron chi connectivity index (χ3n) is 1.27. The van der Waals surface area contributed by atoms with Crippen molar-refractivity contribution in [2.75, 3.05) is 12.3 Å². The van der Waals surface area contributed by atoms with E-state index in [9.17, 15) is 4.79 Å². The van der Waals surface area contributed by atoms with Crippen molar-refractivity contribution in [1.82, 2.24) is 5.32 Å². The Hall–Kier alpha value is -0.180. The molecule has 0 saturated carbocycles. The molecule has 0 bridgehead atoms. The normalized spacial score (nSPS) is 12.7. The smallest absolute Gasteiger partial charge is 0.223 e. The minimum atomic E-state index is 0.0369. The molecule has 0 aliphatic heterocycles. The van der Waals surface area contributed by atoms with Crippen LogP contribution in [0.2, 0.25) is 0 Å². The van der Waals surface area contributed by atoms with Gasteiger partial charge in [0.2, 0.25) is 5.91 Å². The maximum Gasteiger partial charge on any atom is 0.223 e. The summed E-state index contributed by atoms with van der Waals surface area (Å²) < 4.78 is 0. The highest BCUT2D eigenvalue weighted by atomic mass is 32.1. The van der Waals surface area contributed by atoms with Crippen LogP contribution < -0.4 is 5.32 Å². The molecule has 0 aromatic carbocycles. The highest BCUT2D eigenvalue weighted by Gasteiger charge is 2.08. The number of hydrogen-bond acceptors (Lipinski definition) is 2. The van der Waals surface area contributed by atoms with E-state index in [2.05, 4.69) is 17.9 Å². The van der Waals surface area contributed by atoms with Gasteiger partial charge < -0.3 is 5.32 Å². The Morgan fingerprint density at radius 2 is 2.30 bits per heavy atom. The van der Waals surface area contributed by atoms with E-state index in [-0.39, 0.29) is 11.8 Å². The maximum atomic E-state index is 11.0. The number of carbonyl (C=O) groups excluding carboxylic acids is 1. The molecule has 0 spiro atoms. The van der Waals surface area contributed by atoms with Gasteiger partial charge in [-0.05, 0) is 6.42 Å². The van der Waals surface area contributed by atoms with Gasteiger partial charge >= 0.3 is 0 Å². The molecule has 1 unspecified atom stereocenters. The van der Waals surface area contributed by atoms with Gasteiger partial charge in [0.1, 0.15) is 0 Å². The van der Waals surface area contributed by atoms with E-state index in [4.69, 9.17) is 0 Å². The molecule has 0 aromatic heterocycles. The van der Waals surface area contributed by atoms with Crippen molar-refractivity contribution in [2.24, 2.45) is 5.92 Å². The van der Waals surface area contributed by atoms with E-state index in [1.165, 1.54) is 0 Å². The number of thiol groups is 1. The lowest BCUT2D eigenvalue weighted by atomic mass is 10.2. The van der Waals surface area contributed by atoms with Crippen LogP contribution >= 0.6 is 12.6 Å². The van der Waals surface area contributed by atoms with Crippen LogP contribution in [0.1, 0.15) is 20.3 Å². The molecule has 0 heterocycles. The molecular weight excluding hydrogens is 146 g/mol. The molecular formula is C7H15NOS. The number of hydrogen-bond donors (Lipinski definition) is 2. The minimum Gasteiger partial charge on any atom is -0.356 e. The summed E-state index contributed by atoms with van der Waals surface area (Å²) in [7, 11) is 0. The number of nitrogens with one attached hydrogen (secondary N) is 1. The fraction of sp³-hybridized carbons (Fsp3) is 0.857. The van der Waals surface area contributed by atoms with Gasteiger partial charge in [0.05, 0.1) is 0 Å². The van der Waals surface area contributed by atoms with Crippen LogP contribution in [0, 0.1) is 5.92 Å². The van der Waals surface area contributed by atoms with E-state index >= 15 is 0 Å². The monoisotopic (exact) mass is 161 g/mol. The van der Waals surface area contributed by atoms with E-state index in [1.54, 1.807) is 0 Å². The lowest BCUT2D eigenvalue weighted by molar-refractivity contribution is -0.123. The van der Waals surface area contributed by atoms with E-state index in [0.717, 1.165) is 13.0 Å². The first-order chi connectivity index (χ1) is 4.72. The van der Waals surface area contributed by atoms with E-state index in [1.807, 2.05) is 13.8 Å². The molecule has 0 fully saturated rings. The topological polar surface area (TPSA) is 29.1 Å². The Morgan fingerprint density at radius 1 is 1.70 bits per heavy atom. The van der Waals surface area contributed by atoms with Gasteiger partial charge in [-0.1, -0.05) is 13.8 Å². The molecule has 0 rings (SSSR count). The van der Waals surface area contributed by atoms with Gasteiger partial charge in [0, 0.05) is 18.2 Å². The van der Waals surface area contributed by atoms with Crippen LogP contribution in [-0.2, 0) is 4.79 Å². The first kappa shape index (κ1) is 9.82. The first-order valence-electron chi connectivity index (χ1n) is 3.61. The molecule has 0 aromatic rings. The van der Waals surface area contributed by atoms with Crippen molar-refractivity contribution in [2.45, 2.75) is 20.3 Å². The SMILES string of the molecule is CCCNC(=O)C(C)CS. The van der Waals surface area contributed by atoms with Crippen LogP contribution in [0.3, 0.4) is 0 Å². The molecule has 0 saturated heterocycles. The van der Waals surface area contributed by atoms with Gasteiger partial charge in [0.15, 0.2) is 0 Å². The molecule has 60 valence electrons. The summed E-state index contributed by atoms with van der Waals surface area (Å²) >= 11 is 4.02. The van der Waals surface area contributed by atoms with Gasteiger partial charge in [-0.2, -0.15) is 12.6 Å². The van der Waals surface area contributed by atoms with Crippen molar-refractivity contribution in [3.05, 3.63) is 0 Å². The van der Waals surface area contributed by atoms with Gasteiger partial charge in [-0.15, -0.1) is 0 Å². The van der Waals surface area contributed by atoms with Crippen molar-refractivity contribution >= 4 is 18.5 Å². The Kier molecular flexibility index (Phi) is 5.49. The zero-order valence-electron chi connectivity index (χ0n) is 6.55. The summed E-state index contributed by atoms with van der Waals surface area (Å²) in [5.74, 6) is 0.766. The molecule has 10 heavy (non-hydrogen) atoms. The van der Waals surface area contributed by atoms with E-state index < -0.39 is 0 Å². The van der Waals surface area contributed by atoms with Crippen LogP contribution in [0.4, 0.5) is 0 Å². The summed E-state index contributed by atoms with van der Waals surface area (Å²) in [6, 6.07) is 0. The summed E-state index contributed by atoms with van der Waals surface area (Å²) in [4.78, 5) is 11.0. The van der Waals surface area contributed by atoms with E-state index in [0.29, 0.717) is 5.75 Å². The Bertz CT molecular complexity index is 106. The Balaban J connectivity index is 3.42. The summed E-state index contributed by atoms with van der Waals surface area (Å²) in [5.41, 5.74) is 0. The summed E-state index contributed by atoms with van der Waals surface area (Å²) in [6.45, 7) is 4.68. The fourth-order valence-corrected chi connectivity index (χ4v) is 0.671. The summed E-state index contributed by atoms with van der Waals surface area (Å²) in [6.07, 6.45) is 0.991. The lowest BCUT2D eigenvalue weighted by Crippen LogP contribution is -2.30. The molecule has 1 amide bonds. The molecule has 0 aliphatic rings. The average molecular weight is 161 g/mol. The molecule has 0 radical (unpaired) electrons. The number of amides is 1. The number of rotatable bonds is 4. The van der Waals surface area contributed by atoms with Crippen LogP contribution in [-0.4, -0.2) is 18.2 Å². The Labute approximate surface area is 67.8 Å². The van der Waals surface area contributed by atoms with Crippen molar-refractivity contribution in [3.63, 3.8) is 0 Å². The average Bonchev–Trinajstić information content (AvgIpc) is 1.98. The molecule has 1 N–H and O–H groups in total. The Morgan fingerprint density at radius 3 is 2.70 bits per heavy atom. The zero-order chi connectivity index (χ0) is 7.98. The molecule has 3 heteroatoms. The predicted molar refractivity (Wildman–Crippen MR) is 46.3 cm³/mol. The maximum absolute atomic E-state index is 11.0. The first-order valence-corrected chi connectivity index (χ1v) is 4.24. The second-order valence-electron chi connectivity index (χ2n) is 2.37. The lowest BCUT2D eigenvalue weighted by Gasteiger charge is -2.07. The van der Waals surface area contributed by atoms with Crippen LogP contribution in [0.5, 0.6) is 0 Å². The second-order valence-corrected chi connectivity index (χ2v) is 2.74. The molecule has 1 atom stereocenters. The second kappa shape index (κ2) is 5.59. The van der Waals surface area contributed by atoms with Gasteiger partial charge in [-0.3, -0.25) is 4.79 Å².